The number of carbonyl (C=O) groups is 2. The molecule has 2 aromatic rings. The van der Waals surface area contributed by atoms with Crippen LogP contribution >= 0.6 is 11.3 Å². The normalized spacial score (nSPS) is 10.3. The molecule has 0 unspecified atom stereocenters. The first-order valence-corrected chi connectivity index (χ1v) is 9.27. The highest BCUT2D eigenvalue weighted by Crippen LogP contribution is 2.11. The van der Waals surface area contributed by atoms with Crippen LogP contribution in [-0.2, 0) is 16.0 Å². The fourth-order valence-corrected chi connectivity index (χ4v) is 2.89. The van der Waals surface area contributed by atoms with E-state index in [9.17, 15) is 9.59 Å². The van der Waals surface area contributed by atoms with Crippen molar-refractivity contribution in [2.45, 2.75) is 26.2 Å². The predicted octanol–water partition coefficient (Wildman–Crippen LogP) is 2.69. The van der Waals surface area contributed by atoms with Gasteiger partial charge in [-0.05, 0) is 36.9 Å². The third-order valence-corrected chi connectivity index (χ3v) is 4.40. The van der Waals surface area contributed by atoms with Gasteiger partial charge < -0.3 is 15.4 Å². The number of carbonyl (C=O) groups excluding carboxylic acids is 2. The molecular formula is C19H24N2O3S. The standard InChI is InChI=1S/C19H24N2O3S/c1-15-6-8-16(9-7-15)24-12-2-5-18(22)20-10-11-21-19(23)14-17-4-3-13-25-17/h3-4,6-9,13H,2,5,10-12,14H2,1H3,(H,20,22)(H,21,23). The number of ether oxygens (including phenoxy) is 1. The van der Waals surface area contributed by atoms with Crippen molar-refractivity contribution in [2.75, 3.05) is 19.7 Å². The second kappa shape index (κ2) is 10.5. The molecule has 0 atom stereocenters. The van der Waals surface area contributed by atoms with E-state index in [1.165, 1.54) is 5.56 Å². The number of aryl methyl sites for hydroxylation is 1. The molecule has 0 aliphatic carbocycles. The second-order valence-corrected chi connectivity index (χ2v) is 6.75. The van der Waals surface area contributed by atoms with E-state index in [4.69, 9.17) is 4.74 Å². The maximum absolute atomic E-state index is 11.7. The molecule has 1 aromatic carbocycles. The monoisotopic (exact) mass is 360 g/mol. The molecule has 0 saturated heterocycles. The summed E-state index contributed by atoms with van der Waals surface area (Å²) in [6.45, 7) is 3.41. The highest BCUT2D eigenvalue weighted by atomic mass is 32.1. The molecule has 1 aromatic heterocycles. The predicted molar refractivity (Wildman–Crippen MR) is 100.0 cm³/mol. The molecule has 134 valence electrons. The van der Waals surface area contributed by atoms with Gasteiger partial charge in [-0.15, -0.1) is 11.3 Å². The van der Waals surface area contributed by atoms with E-state index in [0.29, 0.717) is 39.0 Å². The van der Waals surface area contributed by atoms with Crippen LogP contribution in [0.3, 0.4) is 0 Å². The number of nitrogens with one attached hydrogen (secondary N) is 2. The summed E-state index contributed by atoms with van der Waals surface area (Å²) < 4.78 is 5.58. The van der Waals surface area contributed by atoms with Crippen molar-refractivity contribution >= 4 is 23.2 Å². The molecule has 0 aliphatic rings. The van der Waals surface area contributed by atoms with Gasteiger partial charge in [0.1, 0.15) is 5.75 Å². The van der Waals surface area contributed by atoms with Crippen LogP contribution in [0.1, 0.15) is 23.3 Å². The quantitative estimate of drug-likeness (QED) is 0.640. The topological polar surface area (TPSA) is 67.4 Å². The van der Waals surface area contributed by atoms with Gasteiger partial charge >= 0.3 is 0 Å². The van der Waals surface area contributed by atoms with Crippen LogP contribution in [0.5, 0.6) is 5.75 Å². The zero-order valence-electron chi connectivity index (χ0n) is 14.4. The first kappa shape index (κ1) is 19.0. The lowest BCUT2D eigenvalue weighted by Gasteiger charge is -2.08. The average molecular weight is 360 g/mol. The van der Waals surface area contributed by atoms with E-state index < -0.39 is 0 Å². The second-order valence-electron chi connectivity index (χ2n) is 5.72. The van der Waals surface area contributed by atoms with Crippen LogP contribution in [-0.4, -0.2) is 31.5 Å². The summed E-state index contributed by atoms with van der Waals surface area (Å²) in [7, 11) is 0. The van der Waals surface area contributed by atoms with Crippen molar-refractivity contribution in [3.63, 3.8) is 0 Å². The molecule has 6 heteroatoms. The van der Waals surface area contributed by atoms with Crippen LogP contribution in [0.4, 0.5) is 0 Å². The number of hydrogen-bond donors (Lipinski definition) is 2. The highest BCUT2D eigenvalue weighted by molar-refractivity contribution is 7.10. The number of amides is 2. The summed E-state index contributed by atoms with van der Waals surface area (Å²) in [6.07, 6.45) is 1.46. The van der Waals surface area contributed by atoms with E-state index in [0.717, 1.165) is 10.6 Å². The molecule has 0 saturated carbocycles. The van der Waals surface area contributed by atoms with Crippen molar-refractivity contribution in [1.29, 1.82) is 0 Å². The van der Waals surface area contributed by atoms with Crippen molar-refractivity contribution in [3.8, 4) is 5.75 Å². The Hall–Kier alpha value is -2.34. The zero-order valence-corrected chi connectivity index (χ0v) is 15.2. The number of hydrogen-bond acceptors (Lipinski definition) is 4. The van der Waals surface area contributed by atoms with E-state index in [1.54, 1.807) is 11.3 Å². The summed E-state index contributed by atoms with van der Waals surface area (Å²) in [6, 6.07) is 11.7. The summed E-state index contributed by atoms with van der Waals surface area (Å²) in [5, 5.41) is 7.54. The number of thiophene rings is 1. The Balaban J connectivity index is 1.48. The summed E-state index contributed by atoms with van der Waals surface area (Å²) in [5.41, 5.74) is 1.19. The van der Waals surface area contributed by atoms with Crippen molar-refractivity contribution in [3.05, 3.63) is 52.2 Å². The third-order valence-electron chi connectivity index (χ3n) is 3.52. The van der Waals surface area contributed by atoms with Gasteiger partial charge in [0.2, 0.25) is 11.8 Å². The first-order chi connectivity index (χ1) is 12.1. The number of rotatable bonds is 10. The molecule has 0 fully saturated rings. The zero-order chi connectivity index (χ0) is 17.9. The van der Waals surface area contributed by atoms with Crippen molar-refractivity contribution in [2.24, 2.45) is 0 Å². The molecule has 1 heterocycles. The average Bonchev–Trinajstić information content (AvgIpc) is 3.10. The summed E-state index contributed by atoms with van der Waals surface area (Å²) in [4.78, 5) is 24.4. The molecule has 2 N–H and O–H groups in total. The number of benzene rings is 1. The van der Waals surface area contributed by atoms with Crippen LogP contribution in [0.25, 0.3) is 0 Å². The van der Waals surface area contributed by atoms with Gasteiger partial charge in [-0.25, -0.2) is 0 Å². The lowest BCUT2D eigenvalue weighted by Crippen LogP contribution is -2.35. The Morgan fingerprint density at radius 1 is 1.04 bits per heavy atom. The maximum atomic E-state index is 11.7. The van der Waals surface area contributed by atoms with Crippen LogP contribution in [0.15, 0.2) is 41.8 Å². The van der Waals surface area contributed by atoms with Gasteiger partial charge in [0, 0.05) is 24.4 Å². The lowest BCUT2D eigenvalue weighted by atomic mass is 10.2. The largest absolute Gasteiger partial charge is 0.494 e. The molecule has 25 heavy (non-hydrogen) atoms. The fourth-order valence-electron chi connectivity index (χ4n) is 2.18. The molecule has 0 spiro atoms. The van der Waals surface area contributed by atoms with E-state index in [2.05, 4.69) is 10.6 Å². The van der Waals surface area contributed by atoms with E-state index in [1.807, 2.05) is 48.7 Å². The SMILES string of the molecule is Cc1ccc(OCCCC(=O)NCCNC(=O)Cc2cccs2)cc1. The fraction of sp³-hybridized carbons (Fsp3) is 0.368. The van der Waals surface area contributed by atoms with Gasteiger partial charge in [0.25, 0.3) is 0 Å². The van der Waals surface area contributed by atoms with E-state index in [-0.39, 0.29) is 11.8 Å². The molecule has 2 rings (SSSR count). The Labute approximate surface area is 152 Å². The van der Waals surface area contributed by atoms with Crippen LogP contribution in [0.2, 0.25) is 0 Å². The van der Waals surface area contributed by atoms with Crippen molar-refractivity contribution < 1.29 is 14.3 Å². The summed E-state index contributed by atoms with van der Waals surface area (Å²) in [5.74, 6) is 0.766. The first-order valence-electron chi connectivity index (χ1n) is 8.39. The van der Waals surface area contributed by atoms with Gasteiger partial charge in [0.05, 0.1) is 13.0 Å². The Morgan fingerprint density at radius 3 is 2.44 bits per heavy atom. The van der Waals surface area contributed by atoms with E-state index >= 15 is 0 Å². The maximum Gasteiger partial charge on any atom is 0.225 e. The minimum absolute atomic E-state index is 0.0248. The van der Waals surface area contributed by atoms with Gasteiger partial charge in [-0.3, -0.25) is 9.59 Å². The molecular weight excluding hydrogens is 336 g/mol. The Morgan fingerprint density at radius 2 is 1.76 bits per heavy atom. The highest BCUT2D eigenvalue weighted by Gasteiger charge is 2.04. The Kier molecular flexibility index (Phi) is 7.98. The molecule has 0 radical (unpaired) electrons. The summed E-state index contributed by atoms with van der Waals surface area (Å²) >= 11 is 1.56. The van der Waals surface area contributed by atoms with Crippen LogP contribution in [0, 0.1) is 6.92 Å². The van der Waals surface area contributed by atoms with Gasteiger partial charge in [-0.1, -0.05) is 23.8 Å². The molecule has 5 nitrogen and oxygen atoms in total. The smallest absolute Gasteiger partial charge is 0.225 e. The minimum Gasteiger partial charge on any atom is -0.494 e. The molecule has 0 bridgehead atoms. The molecule has 2 amide bonds. The third kappa shape index (κ3) is 7.85. The van der Waals surface area contributed by atoms with Gasteiger partial charge in [-0.2, -0.15) is 0 Å². The van der Waals surface area contributed by atoms with Crippen molar-refractivity contribution in [1.82, 2.24) is 10.6 Å². The minimum atomic E-state index is -0.0278. The molecule has 0 aliphatic heterocycles. The van der Waals surface area contributed by atoms with Gasteiger partial charge in [0.15, 0.2) is 0 Å². The Bertz CT molecular complexity index is 654. The lowest BCUT2D eigenvalue weighted by molar-refractivity contribution is -0.122. The van der Waals surface area contributed by atoms with Crippen LogP contribution < -0.4 is 15.4 Å².